The van der Waals surface area contributed by atoms with Crippen LogP contribution in [0.15, 0.2) is 31.7 Å². The third-order valence-electron chi connectivity index (χ3n) is 3.93. The van der Waals surface area contributed by atoms with Gasteiger partial charge < -0.3 is 43.0 Å². The van der Waals surface area contributed by atoms with Gasteiger partial charge in [0.2, 0.25) is 11.6 Å². The maximum atomic E-state index is 10.8. The summed E-state index contributed by atoms with van der Waals surface area (Å²) in [6.45, 7) is 5.32. The van der Waals surface area contributed by atoms with Crippen molar-refractivity contribution in [2.45, 2.75) is 20.8 Å². The first-order chi connectivity index (χ1) is 18.1. The van der Waals surface area contributed by atoms with Crippen LogP contribution in [0.2, 0.25) is 0 Å². The van der Waals surface area contributed by atoms with Crippen LogP contribution in [0.3, 0.4) is 0 Å². The lowest BCUT2D eigenvalue weighted by Crippen LogP contribution is -2.13. The monoisotopic (exact) mass is 579 g/mol. The molecule has 0 radical (unpaired) electrons. The summed E-state index contributed by atoms with van der Waals surface area (Å²) in [7, 11) is 0. The minimum Gasteiger partial charge on any atom is -0.503 e. The molecular formula is C19H25N13O5S2. The Kier molecular flexibility index (Phi) is 11.8. The molecule has 20 heteroatoms. The van der Waals surface area contributed by atoms with Crippen LogP contribution in [0.1, 0.15) is 17.1 Å². The van der Waals surface area contributed by atoms with Gasteiger partial charge in [-0.05, 0) is 56.5 Å². The zero-order chi connectivity index (χ0) is 29.9. The van der Waals surface area contributed by atoms with E-state index in [4.69, 9.17) is 28.0 Å². The lowest BCUT2D eigenvalue weighted by molar-refractivity contribution is 0.467. The molecule has 0 fully saturated rings. The minimum atomic E-state index is -0.679. The summed E-state index contributed by atoms with van der Waals surface area (Å²) in [6, 6.07) is 3.12. The number of nitrogens with one attached hydrogen (secondary N) is 5. The van der Waals surface area contributed by atoms with Gasteiger partial charge in [-0.2, -0.15) is 4.98 Å². The fraction of sp³-hybridized carbons (Fsp3) is 0.158. The number of aryl methyl sites for hydroxylation is 3. The third kappa shape index (κ3) is 11.1. The Morgan fingerprint density at radius 2 is 1.38 bits per heavy atom. The third-order valence-corrected chi connectivity index (χ3v) is 4.34. The number of rotatable bonds is 1. The van der Waals surface area contributed by atoms with Crippen LogP contribution in [0.4, 0.5) is 29.1 Å². The summed E-state index contributed by atoms with van der Waals surface area (Å²) >= 11 is 9.16. The van der Waals surface area contributed by atoms with Crippen molar-refractivity contribution < 1.29 is 5.11 Å². The van der Waals surface area contributed by atoms with E-state index >= 15 is 0 Å². The first kappa shape index (κ1) is 31.8. The molecule has 0 amide bonds. The van der Waals surface area contributed by atoms with E-state index in [1.54, 1.807) is 0 Å². The number of anilines is 4. The molecule has 4 aromatic heterocycles. The fourth-order valence-corrected chi connectivity index (χ4v) is 2.85. The average Bonchev–Trinajstić information content (AvgIpc) is 2.76. The molecule has 39 heavy (non-hydrogen) atoms. The highest BCUT2D eigenvalue weighted by atomic mass is 32.1. The fourth-order valence-electron chi connectivity index (χ4n) is 2.43. The first-order valence-electron chi connectivity index (χ1n) is 10.3. The second-order valence-corrected chi connectivity index (χ2v) is 8.03. The van der Waals surface area contributed by atoms with Crippen molar-refractivity contribution in [2.24, 2.45) is 5.18 Å². The standard InChI is InChI=1S/C6H9N3.C5H7N3O2.C4H4N4O2S.C4H5N3OS/c1-4-3-5(2)9-6(7)8-4;1-2-3(9)4(6)8-5(10)7-2;5-2-1(8-10)3(9)7-4(11)6-2;5-2-1-3(8)7-4(9)6-2/h3H,1-2H3,(H2,7,8,9);9H,1H3,(H3,6,7,8,10);(H4,5,6,7,9,11);1H,(H4,5,6,7,8,9). The highest BCUT2D eigenvalue weighted by molar-refractivity contribution is 7.71. The molecule has 0 unspecified atom stereocenters. The molecular weight excluding hydrogens is 554 g/mol. The lowest BCUT2D eigenvalue weighted by atomic mass is 10.4. The van der Waals surface area contributed by atoms with Crippen molar-refractivity contribution in [1.29, 1.82) is 0 Å². The average molecular weight is 580 g/mol. The molecule has 4 aromatic rings. The van der Waals surface area contributed by atoms with Crippen LogP contribution in [-0.2, 0) is 0 Å². The number of aromatic nitrogens is 8. The molecule has 0 spiro atoms. The maximum absolute atomic E-state index is 10.8. The highest BCUT2D eigenvalue weighted by Crippen LogP contribution is 2.16. The van der Waals surface area contributed by atoms with Gasteiger partial charge in [0, 0.05) is 17.5 Å². The van der Waals surface area contributed by atoms with Crippen LogP contribution in [0.25, 0.3) is 0 Å². The summed E-state index contributed by atoms with van der Waals surface area (Å²) < 4.78 is 0.319. The van der Waals surface area contributed by atoms with Crippen LogP contribution in [-0.4, -0.2) is 45.0 Å². The highest BCUT2D eigenvalue weighted by Gasteiger charge is 2.04. The molecule has 0 saturated carbocycles. The molecule has 0 aliphatic carbocycles. The number of nitrogens with zero attached hydrogens (tertiary/aromatic N) is 4. The molecule has 0 atom stereocenters. The van der Waals surface area contributed by atoms with Crippen molar-refractivity contribution >= 4 is 53.5 Å². The number of H-pyrrole nitrogens is 5. The summed E-state index contributed by atoms with van der Waals surface area (Å²) in [6.07, 6.45) is 0. The topological polar surface area (TPSA) is 323 Å². The van der Waals surface area contributed by atoms with E-state index in [0.29, 0.717) is 11.6 Å². The molecule has 0 bridgehead atoms. The quantitative estimate of drug-likeness (QED) is 0.108. The number of nitrogen functional groups attached to an aromatic ring is 4. The van der Waals surface area contributed by atoms with Crippen LogP contribution in [0, 0.1) is 35.2 Å². The minimum absolute atomic E-state index is 0.0694. The molecule has 0 aliphatic heterocycles. The second-order valence-electron chi connectivity index (χ2n) is 7.21. The molecule has 4 heterocycles. The summed E-state index contributed by atoms with van der Waals surface area (Å²) in [5, 5.41) is 11.4. The van der Waals surface area contributed by atoms with E-state index in [-0.39, 0.29) is 44.0 Å². The number of nitrogens with two attached hydrogens (primary N) is 4. The molecule has 208 valence electrons. The van der Waals surface area contributed by atoms with Gasteiger partial charge in [-0.15, -0.1) is 4.91 Å². The van der Waals surface area contributed by atoms with Crippen molar-refractivity contribution in [2.75, 3.05) is 22.9 Å². The number of nitroso groups, excluding NO2 is 1. The molecule has 4 rings (SSSR count). The van der Waals surface area contributed by atoms with Gasteiger partial charge in [-0.3, -0.25) is 19.6 Å². The predicted molar refractivity (Wildman–Crippen MR) is 150 cm³/mol. The number of hydrogen-bond acceptors (Lipinski definition) is 15. The zero-order valence-corrected chi connectivity index (χ0v) is 22.3. The Hall–Kier alpha value is -5.24. The zero-order valence-electron chi connectivity index (χ0n) is 20.6. The summed E-state index contributed by atoms with van der Waals surface area (Å²) in [4.78, 5) is 64.5. The summed E-state index contributed by atoms with van der Waals surface area (Å²) in [5.41, 5.74) is 21.2. The van der Waals surface area contributed by atoms with Gasteiger partial charge in [-0.1, -0.05) is 0 Å². The van der Waals surface area contributed by atoms with Gasteiger partial charge in [0.15, 0.2) is 21.1 Å². The van der Waals surface area contributed by atoms with E-state index < -0.39 is 11.2 Å². The second kappa shape index (κ2) is 14.5. The molecule has 0 saturated heterocycles. The normalized spacial score (nSPS) is 9.51. The van der Waals surface area contributed by atoms with Crippen LogP contribution in [0.5, 0.6) is 5.75 Å². The van der Waals surface area contributed by atoms with Crippen molar-refractivity contribution in [3.8, 4) is 5.75 Å². The first-order valence-corrected chi connectivity index (χ1v) is 11.1. The summed E-state index contributed by atoms with van der Waals surface area (Å²) in [5.74, 6) is 0.214. The van der Waals surface area contributed by atoms with Gasteiger partial charge >= 0.3 is 5.69 Å². The SMILES string of the molecule is Cc1[nH]c(=O)nc(N)c1O.Cc1cc(C)nc(N)n1.Nc1[nH]c(=S)[nH]c(=O)c1N=O.Nc1cc(=O)[nH]c(=S)[nH]1. The Balaban J connectivity index is 0.000000261. The van der Waals surface area contributed by atoms with Gasteiger partial charge in [0.25, 0.3) is 11.1 Å². The molecule has 0 aliphatic rings. The predicted octanol–water partition coefficient (Wildman–Crippen LogP) is 0.469. The van der Waals surface area contributed by atoms with Gasteiger partial charge in [0.1, 0.15) is 11.6 Å². The van der Waals surface area contributed by atoms with Crippen molar-refractivity contribution in [1.82, 2.24) is 39.9 Å². The number of aromatic amines is 5. The largest absolute Gasteiger partial charge is 0.503 e. The van der Waals surface area contributed by atoms with E-state index in [9.17, 15) is 19.3 Å². The molecule has 18 nitrogen and oxygen atoms in total. The van der Waals surface area contributed by atoms with Crippen LogP contribution < -0.4 is 39.7 Å². The maximum Gasteiger partial charge on any atom is 0.347 e. The Bertz CT molecular complexity index is 1630. The smallest absolute Gasteiger partial charge is 0.347 e. The molecule has 14 N–H and O–H groups in total. The molecule has 0 aromatic carbocycles. The van der Waals surface area contributed by atoms with Gasteiger partial charge in [-0.25, -0.2) is 14.8 Å². The van der Waals surface area contributed by atoms with E-state index in [1.165, 1.54) is 13.0 Å². The van der Waals surface area contributed by atoms with E-state index in [0.717, 1.165) is 11.4 Å². The number of aromatic hydroxyl groups is 1. The van der Waals surface area contributed by atoms with Crippen molar-refractivity contribution in [3.05, 3.63) is 74.9 Å². The Morgan fingerprint density at radius 3 is 1.82 bits per heavy atom. The lowest BCUT2D eigenvalue weighted by Gasteiger charge is -1.97. The van der Waals surface area contributed by atoms with E-state index in [1.807, 2.05) is 19.9 Å². The van der Waals surface area contributed by atoms with Crippen molar-refractivity contribution in [3.63, 3.8) is 0 Å². The van der Waals surface area contributed by atoms with E-state index in [2.05, 4.69) is 69.5 Å². The number of hydrogen-bond donors (Lipinski definition) is 10. The Labute approximate surface area is 228 Å². The Morgan fingerprint density at radius 1 is 0.821 bits per heavy atom. The van der Waals surface area contributed by atoms with Gasteiger partial charge in [0.05, 0.1) is 5.69 Å². The van der Waals surface area contributed by atoms with Crippen LogP contribution >= 0.6 is 24.4 Å².